The molecular formula is C10H24N2O3. The molecule has 3 N–H and O–H groups in total. The van der Waals surface area contributed by atoms with Crippen LogP contribution in [0.4, 0.5) is 0 Å². The number of nitrogens with one attached hydrogen (secondary N) is 1. The molecule has 0 radical (unpaired) electrons. The maximum Gasteiger partial charge on any atom is 0.158 e. The molecule has 2 unspecified atom stereocenters. The number of nitrogens with two attached hydrogens (primary N) is 1. The minimum Gasteiger partial charge on any atom is -0.380 e. The Balaban J connectivity index is 3.80. The second-order valence-electron chi connectivity index (χ2n) is 3.52. The summed E-state index contributed by atoms with van der Waals surface area (Å²) in [4.78, 5) is 0. The van der Waals surface area contributed by atoms with Crippen LogP contribution < -0.4 is 11.1 Å². The van der Waals surface area contributed by atoms with Gasteiger partial charge in [0.05, 0.1) is 6.10 Å². The van der Waals surface area contributed by atoms with Gasteiger partial charge in [-0.15, -0.1) is 0 Å². The molecule has 0 aromatic carbocycles. The molecule has 0 spiro atoms. The van der Waals surface area contributed by atoms with Gasteiger partial charge < -0.3 is 25.3 Å². The molecule has 0 aliphatic rings. The average molecular weight is 220 g/mol. The molecule has 0 bridgehead atoms. The van der Waals surface area contributed by atoms with Crippen LogP contribution in [0.3, 0.4) is 0 Å². The van der Waals surface area contributed by atoms with Gasteiger partial charge in [-0.25, -0.2) is 0 Å². The average Bonchev–Trinajstić information content (AvgIpc) is 2.29. The fourth-order valence-corrected chi connectivity index (χ4v) is 1.20. The molecular weight excluding hydrogens is 196 g/mol. The lowest BCUT2D eigenvalue weighted by Gasteiger charge is -2.22. The van der Waals surface area contributed by atoms with Crippen molar-refractivity contribution in [2.45, 2.75) is 31.8 Å². The highest BCUT2D eigenvalue weighted by atomic mass is 16.7. The number of methoxy groups -OCH3 is 3. The van der Waals surface area contributed by atoms with Gasteiger partial charge in [0, 0.05) is 46.9 Å². The van der Waals surface area contributed by atoms with Crippen molar-refractivity contribution in [1.29, 1.82) is 0 Å². The molecule has 0 heterocycles. The molecule has 0 saturated carbocycles. The summed E-state index contributed by atoms with van der Waals surface area (Å²) in [6.07, 6.45) is 0.714. The first-order chi connectivity index (χ1) is 7.17. The van der Waals surface area contributed by atoms with Gasteiger partial charge in [-0.05, 0) is 6.92 Å². The minimum absolute atomic E-state index is 0.183. The van der Waals surface area contributed by atoms with Crippen LogP contribution in [0, 0.1) is 0 Å². The van der Waals surface area contributed by atoms with Gasteiger partial charge in [0.1, 0.15) is 0 Å². The van der Waals surface area contributed by atoms with Crippen LogP contribution in [0.5, 0.6) is 0 Å². The topological polar surface area (TPSA) is 65.7 Å². The minimum atomic E-state index is -0.205. The Hall–Kier alpha value is -0.200. The Morgan fingerprint density at radius 2 is 1.73 bits per heavy atom. The van der Waals surface area contributed by atoms with Gasteiger partial charge >= 0.3 is 0 Å². The quantitative estimate of drug-likeness (QED) is 0.533. The Labute approximate surface area is 92.3 Å². The van der Waals surface area contributed by atoms with E-state index in [2.05, 4.69) is 5.32 Å². The van der Waals surface area contributed by atoms with Crippen molar-refractivity contribution in [2.75, 3.05) is 34.4 Å². The smallest absolute Gasteiger partial charge is 0.158 e. The monoisotopic (exact) mass is 220 g/mol. The molecule has 5 heteroatoms. The number of rotatable bonds is 9. The molecule has 0 amide bonds. The second kappa shape index (κ2) is 9.06. The van der Waals surface area contributed by atoms with Crippen LogP contribution in [-0.2, 0) is 14.2 Å². The van der Waals surface area contributed by atoms with Crippen molar-refractivity contribution in [2.24, 2.45) is 5.73 Å². The normalized spacial score (nSPS) is 15.6. The van der Waals surface area contributed by atoms with Gasteiger partial charge in [0.25, 0.3) is 0 Å². The molecule has 15 heavy (non-hydrogen) atoms. The van der Waals surface area contributed by atoms with Crippen molar-refractivity contribution in [3.8, 4) is 0 Å². The van der Waals surface area contributed by atoms with Crippen molar-refractivity contribution < 1.29 is 14.2 Å². The number of hydrogen-bond donors (Lipinski definition) is 2. The van der Waals surface area contributed by atoms with E-state index in [-0.39, 0.29) is 18.4 Å². The third-order valence-electron chi connectivity index (χ3n) is 2.38. The summed E-state index contributed by atoms with van der Waals surface area (Å²) < 4.78 is 15.4. The molecule has 0 aromatic rings. The lowest BCUT2D eigenvalue weighted by atomic mass is 10.2. The predicted molar refractivity (Wildman–Crippen MR) is 59.7 cm³/mol. The largest absolute Gasteiger partial charge is 0.380 e. The zero-order valence-corrected chi connectivity index (χ0v) is 10.2. The fraction of sp³-hybridized carbons (Fsp3) is 1.00. The fourth-order valence-electron chi connectivity index (χ4n) is 1.20. The summed E-state index contributed by atoms with van der Waals surface area (Å²) >= 11 is 0. The first-order valence-corrected chi connectivity index (χ1v) is 5.19. The zero-order valence-electron chi connectivity index (χ0n) is 10.2. The lowest BCUT2D eigenvalue weighted by Crippen LogP contribution is -2.42. The lowest BCUT2D eigenvalue weighted by molar-refractivity contribution is -0.110. The highest BCUT2D eigenvalue weighted by molar-refractivity contribution is 4.70. The van der Waals surface area contributed by atoms with E-state index in [1.54, 1.807) is 21.3 Å². The van der Waals surface area contributed by atoms with Crippen molar-refractivity contribution in [3.63, 3.8) is 0 Å². The van der Waals surface area contributed by atoms with Crippen LogP contribution in [-0.4, -0.2) is 52.9 Å². The summed E-state index contributed by atoms with van der Waals surface area (Å²) in [5.74, 6) is 0. The summed E-state index contributed by atoms with van der Waals surface area (Å²) in [7, 11) is 4.94. The van der Waals surface area contributed by atoms with E-state index in [1.165, 1.54) is 0 Å². The maximum absolute atomic E-state index is 5.64. The van der Waals surface area contributed by atoms with Gasteiger partial charge in [-0.2, -0.15) is 0 Å². The highest BCUT2D eigenvalue weighted by Gasteiger charge is 2.14. The van der Waals surface area contributed by atoms with E-state index in [1.807, 2.05) is 6.92 Å². The Morgan fingerprint density at radius 3 is 2.13 bits per heavy atom. The zero-order chi connectivity index (χ0) is 11.7. The van der Waals surface area contributed by atoms with E-state index < -0.39 is 0 Å². The SMILES string of the molecule is COC(C)CNC(CN)CC(OC)OC. The molecule has 0 aliphatic heterocycles. The standard InChI is InChI=1S/C10H24N2O3/c1-8(13-2)7-12-9(6-11)5-10(14-3)15-4/h8-10,12H,5-7,11H2,1-4H3. The van der Waals surface area contributed by atoms with E-state index in [4.69, 9.17) is 19.9 Å². The van der Waals surface area contributed by atoms with Crippen molar-refractivity contribution in [1.82, 2.24) is 5.32 Å². The summed E-state index contributed by atoms with van der Waals surface area (Å²) in [6.45, 7) is 3.34. The molecule has 0 aromatic heterocycles. The summed E-state index contributed by atoms with van der Waals surface area (Å²) in [5, 5.41) is 3.31. The van der Waals surface area contributed by atoms with Crippen molar-refractivity contribution in [3.05, 3.63) is 0 Å². The molecule has 0 rings (SSSR count). The summed E-state index contributed by atoms with van der Waals surface area (Å²) in [5.41, 5.74) is 5.64. The van der Waals surface area contributed by atoms with Gasteiger partial charge in [0.2, 0.25) is 0 Å². The molecule has 2 atom stereocenters. The van der Waals surface area contributed by atoms with Gasteiger partial charge in [-0.1, -0.05) is 0 Å². The molecule has 0 aliphatic carbocycles. The van der Waals surface area contributed by atoms with Crippen LogP contribution in [0.25, 0.3) is 0 Å². The number of ether oxygens (including phenoxy) is 3. The van der Waals surface area contributed by atoms with E-state index >= 15 is 0 Å². The highest BCUT2D eigenvalue weighted by Crippen LogP contribution is 2.02. The van der Waals surface area contributed by atoms with E-state index in [9.17, 15) is 0 Å². The van der Waals surface area contributed by atoms with Crippen LogP contribution in [0.15, 0.2) is 0 Å². The van der Waals surface area contributed by atoms with Gasteiger partial charge in [0.15, 0.2) is 6.29 Å². The third-order valence-corrected chi connectivity index (χ3v) is 2.38. The first-order valence-electron chi connectivity index (χ1n) is 5.19. The van der Waals surface area contributed by atoms with E-state index in [0.29, 0.717) is 6.54 Å². The Bertz CT molecular complexity index is 143. The predicted octanol–water partition coefficient (Wildman–Crippen LogP) is -0.0528. The first kappa shape index (κ1) is 14.8. The van der Waals surface area contributed by atoms with Crippen LogP contribution in [0.1, 0.15) is 13.3 Å². The third kappa shape index (κ3) is 6.81. The van der Waals surface area contributed by atoms with Crippen LogP contribution >= 0.6 is 0 Å². The Kier molecular flexibility index (Phi) is 8.94. The molecule has 0 saturated heterocycles. The maximum atomic E-state index is 5.64. The van der Waals surface area contributed by atoms with Crippen LogP contribution in [0.2, 0.25) is 0 Å². The summed E-state index contributed by atoms with van der Waals surface area (Å²) in [6, 6.07) is 0.187. The van der Waals surface area contributed by atoms with E-state index in [0.717, 1.165) is 13.0 Å². The Morgan fingerprint density at radius 1 is 1.13 bits per heavy atom. The van der Waals surface area contributed by atoms with Crippen molar-refractivity contribution >= 4 is 0 Å². The second-order valence-corrected chi connectivity index (χ2v) is 3.52. The van der Waals surface area contributed by atoms with Gasteiger partial charge in [-0.3, -0.25) is 0 Å². The molecule has 0 fully saturated rings. The number of hydrogen-bond acceptors (Lipinski definition) is 5. The molecule has 92 valence electrons. The molecule has 5 nitrogen and oxygen atoms in total.